The van der Waals surface area contributed by atoms with Crippen LogP contribution in [-0.2, 0) is 4.74 Å². The summed E-state index contributed by atoms with van der Waals surface area (Å²) in [6.07, 6.45) is 3.45. The number of aromatic carboxylic acids is 1. The number of aromatic nitrogens is 2. The molecule has 0 saturated heterocycles. The normalized spacial score (nSPS) is 9.61. The van der Waals surface area contributed by atoms with Gasteiger partial charge in [0.2, 0.25) is 0 Å². The number of nitrogens with zero attached hydrogens (tertiary/aromatic N) is 2. The van der Waals surface area contributed by atoms with Gasteiger partial charge in [0.15, 0.2) is 11.0 Å². The Morgan fingerprint density at radius 1 is 1.67 bits per heavy atom. The highest BCUT2D eigenvalue weighted by atomic mass is 32.2. The molecule has 0 spiro atoms. The van der Waals surface area contributed by atoms with E-state index in [0.717, 1.165) is 6.20 Å². The molecule has 0 fully saturated rings. The predicted molar refractivity (Wildman–Crippen MR) is 65.9 cm³/mol. The predicted octanol–water partition coefficient (Wildman–Crippen LogP) is 1.63. The Kier molecular flexibility index (Phi) is 5.12. The molecule has 0 aliphatic heterocycles. The Morgan fingerprint density at radius 2 is 2.39 bits per heavy atom. The number of carboxylic acid groups (broad SMARTS) is 1. The SMILES string of the molecule is C=CCOC(=O)Nc1nc(SC)ncc1C(=O)O. The van der Waals surface area contributed by atoms with Crippen molar-refractivity contribution in [3.8, 4) is 0 Å². The van der Waals surface area contributed by atoms with E-state index in [1.54, 1.807) is 6.26 Å². The van der Waals surface area contributed by atoms with Gasteiger partial charge in [0.05, 0.1) is 0 Å². The van der Waals surface area contributed by atoms with Crippen molar-refractivity contribution in [1.82, 2.24) is 9.97 Å². The molecule has 2 N–H and O–H groups in total. The summed E-state index contributed by atoms with van der Waals surface area (Å²) in [6, 6.07) is 0. The third kappa shape index (κ3) is 3.74. The molecular weight excluding hydrogens is 258 g/mol. The van der Waals surface area contributed by atoms with Gasteiger partial charge in [-0.2, -0.15) is 0 Å². The van der Waals surface area contributed by atoms with Crippen LogP contribution < -0.4 is 5.32 Å². The number of thioether (sulfide) groups is 1. The number of ether oxygens (including phenoxy) is 1. The lowest BCUT2D eigenvalue weighted by atomic mass is 10.3. The number of anilines is 1. The molecular formula is C10H11N3O4S. The quantitative estimate of drug-likeness (QED) is 0.476. The Labute approximate surface area is 107 Å². The third-order valence-corrected chi connectivity index (χ3v) is 2.29. The van der Waals surface area contributed by atoms with Gasteiger partial charge >= 0.3 is 12.1 Å². The van der Waals surface area contributed by atoms with E-state index in [9.17, 15) is 9.59 Å². The molecule has 0 aliphatic carbocycles. The van der Waals surface area contributed by atoms with Gasteiger partial charge in [-0.05, 0) is 6.26 Å². The first-order valence-electron chi connectivity index (χ1n) is 4.77. The van der Waals surface area contributed by atoms with Gasteiger partial charge in [0.25, 0.3) is 0 Å². The van der Waals surface area contributed by atoms with Crippen LogP contribution in [0.2, 0.25) is 0 Å². The second kappa shape index (κ2) is 6.60. The van der Waals surface area contributed by atoms with E-state index in [1.807, 2.05) is 0 Å². The van der Waals surface area contributed by atoms with E-state index in [2.05, 4.69) is 26.6 Å². The van der Waals surface area contributed by atoms with Crippen molar-refractivity contribution in [2.24, 2.45) is 0 Å². The molecule has 0 bridgehead atoms. The van der Waals surface area contributed by atoms with Crippen LogP contribution >= 0.6 is 11.8 Å². The summed E-state index contributed by atoms with van der Waals surface area (Å²) < 4.78 is 4.68. The van der Waals surface area contributed by atoms with Gasteiger partial charge in [-0.3, -0.25) is 5.32 Å². The fraction of sp³-hybridized carbons (Fsp3) is 0.200. The molecule has 1 rings (SSSR count). The standard InChI is InChI=1S/C10H11N3O4S/c1-3-4-17-10(16)13-7-6(8(14)15)5-11-9(12-7)18-2/h3,5H,1,4H2,2H3,(H,14,15)(H,11,12,13,16). The minimum Gasteiger partial charge on any atom is -0.477 e. The molecule has 1 heterocycles. The second-order valence-electron chi connectivity index (χ2n) is 2.94. The number of carbonyl (C=O) groups is 2. The maximum Gasteiger partial charge on any atom is 0.413 e. The Morgan fingerprint density at radius 3 is 2.94 bits per heavy atom. The molecule has 0 radical (unpaired) electrons. The highest BCUT2D eigenvalue weighted by Gasteiger charge is 2.16. The molecule has 18 heavy (non-hydrogen) atoms. The minimum atomic E-state index is -1.23. The van der Waals surface area contributed by atoms with E-state index in [4.69, 9.17) is 5.11 Å². The lowest BCUT2D eigenvalue weighted by Crippen LogP contribution is -2.18. The molecule has 96 valence electrons. The average molecular weight is 269 g/mol. The van der Waals surface area contributed by atoms with Gasteiger partial charge in [0.1, 0.15) is 12.2 Å². The fourth-order valence-electron chi connectivity index (χ4n) is 0.983. The molecule has 0 aromatic carbocycles. The zero-order valence-corrected chi connectivity index (χ0v) is 10.4. The smallest absolute Gasteiger partial charge is 0.413 e. The van der Waals surface area contributed by atoms with Crippen molar-refractivity contribution in [1.29, 1.82) is 0 Å². The van der Waals surface area contributed by atoms with E-state index < -0.39 is 12.1 Å². The third-order valence-electron chi connectivity index (χ3n) is 1.73. The number of rotatable bonds is 5. The van der Waals surface area contributed by atoms with Crippen molar-refractivity contribution < 1.29 is 19.4 Å². The van der Waals surface area contributed by atoms with E-state index in [0.29, 0.717) is 5.16 Å². The average Bonchev–Trinajstić information content (AvgIpc) is 2.35. The van der Waals surface area contributed by atoms with Crippen LogP contribution in [0.3, 0.4) is 0 Å². The zero-order valence-electron chi connectivity index (χ0n) is 9.54. The van der Waals surface area contributed by atoms with Crippen molar-refractivity contribution >= 4 is 29.6 Å². The number of hydrogen-bond donors (Lipinski definition) is 2. The van der Waals surface area contributed by atoms with E-state index >= 15 is 0 Å². The van der Waals surface area contributed by atoms with Crippen LogP contribution in [0, 0.1) is 0 Å². The lowest BCUT2D eigenvalue weighted by Gasteiger charge is -2.07. The van der Waals surface area contributed by atoms with Gasteiger partial charge in [-0.25, -0.2) is 19.6 Å². The zero-order chi connectivity index (χ0) is 13.5. The number of amides is 1. The first kappa shape index (κ1) is 14.0. The largest absolute Gasteiger partial charge is 0.477 e. The van der Waals surface area contributed by atoms with Crippen molar-refractivity contribution in [3.05, 3.63) is 24.4 Å². The highest BCUT2D eigenvalue weighted by Crippen LogP contribution is 2.16. The molecule has 1 amide bonds. The van der Waals surface area contributed by atoms with Crippen molar-refractivity contribution in [2.45, 2.75) is 5.16 Å². The first-order chi connectivity index (χ1) is 8.58. The van der Waals surface area contributed by atoms with Crippen molar-refractivity contribution in [2.75, 3.05) is 18.2 Å². The van der Waals surface area contributed by atoms with Crippen LogP contribution in [0.5, 0.6) is 0 Å². The van der Waals surface area contributed by atoms with Gasteiger partial charge < -0.3 is 9.84 Å². The summed E-state index contributed by atoms with van der Waals surface area (Å²) in [4.78, 5) is 29.9. The maximum atomic E-state index is 11.3. The first-order valence-corrected chi connectivity index (χ1v) is 6.00. The highest BCUT2D eigenvalue weighted by molar-refractivity contribution is 7.98. The molecule has 0 saturated carbocycles. The fourth-order valence-corrected chi connectivity index (χ4v) is 1.32. The molecule has 0 unspecified atom stereocenters. The van der Waals surface area contributed by atoms with Crippen LogP contribution in [0.25, 0.3) is 0 Å². The molecule has 0 atom stereocenters. The van der Waals surface area contributed by atoms with Crippen LogP contribution in [0.1, 0.15) is 10.4 Å². The molecule has 1 aromatic heterocycles. The summed E-state index contributed by atoms with van der Waals surface area (Å²) in [6.45, 7) is 3.41. The summed E-state index contributed by atoms with van der Waals surface area (Å²) in [5.41, 5.74) is -0.205. The lowest BCUT2D eigenvalue weighted by molar-refractivity contribution is 0.0697. The maximum absolute atomic E-state index is 11.3. The van der Waals surface area contributed by atoms with Crippen LogP contribution in [0.4, 0.5) is 10.6 Å². The summed E-state index contributed by atoms with van der Waals surface area (Å²) >= 11 is 1.22. The number of carbonyl (C=O) groups excluding carboxylic acids is 1. The summed E-state index contributed by atoms with van der Waals surface area (Å²) in [5, 5.41) is 11.5. The molecule has 7 nitrogen and oxygen atoms in total. The Balaban J connectivity index is 2.93. The topological polar surface area (TPSA) is 101 Å². The van der Waals surface area contributed by atoms with Gasteiger partial charge in [-0.1, -0.05) is 24.4 Å². The monoisotopic (exact) mass is 269 g/mol. The number of nitrogens with one attached hydrogen (secondary N) is 1. The molecule has 0 aliphatic rings. The number of carboxylic acids is 1. The van der Waals surface area contributed by atoms with Crippen molar-refractivity contribution in [3.63, 3.8) is 0 Å². The Hall–Kier alpha value is -2.09. The van der Waals surface area contributed by atoms with Gasteiger partial charge in [0, 0.05) is 6.20 Å². The van der Waals surface area contributed by atoms with E-state index in [1.165, 1.54) is 17.8 Å². The molecule has 8 heteroatoms. The van der Waals surface area contributed by atoms with Crippen LogP contribution in [-0.4, -0.2) is 40.0 Å². The summed E-state index contributed by atoms with van der Waals surface area (Å²) in [5.74, 6) is -1.34. The summed E-state index contributed by atoms with van der Waals surface area (Å²) in [7, 11) is 0. The van der Waals surface area contributed by atoms with E-state index in [-0.39, 0.29) is 18.0 Å². The number of hydrogen-bond acceptors (Lipinski definition) is 6. The second-order valence-corrected chi connectivity index (χ2v) is 3.71. The Bertz CT molecular complexity index is 478. The van der Waals surface area contributed by atoms with Crippen LogP contribution in [0.15, 0.2) is 24.0 Å². The van der Waals surface area contributed by atoms with Gasteiger partial charge in [-0.15, -0.1) is 0 Å². The minimum absolute atomic E-state index is 0.0225. The molecule has 1 aromatic rings.